The van der Waals surface area contributed by atoms with Gasteiger partial charge in [0.2, 0.25) is 5.82 Å². The number of pyridine rings is 1. The highest BCUT2D eigenvalue weighted by Crippen LogP contribution is 2.33. The fourth-order valence-electron chi connectivity index (χ4n) is 2.69. The minimum absolute atomic E-state index is 0.124. The number of nitrogens with zero attached hydrogens (tertiary/aromatic N) is 3. The highest BCUT2D eigenvalue weighted by Gasteiger charge is 2.30. The summed E-state index contributed by atoms with van der Waals surface area (Å²) in [6, 6.07) is 3.57. The molecular weight excluding hydrogens is 242 g/mol. The summed E-state index contributed by atoms with van der Waals surface area (Å²) >= 11 is 0. The largest absolute Gasteiger partial charge is 0.348 e. The Bertz CT molecular complexity index is 448. The van der Waals surface area contributed by atoms with Gasteiger partial charge in [0.25, 0.3) is 0 Å². The maximum Gasteiger partial charge on any atom is 0.311 e. The molecular formula is C14H21N3O2. The first kappa shape index (κ1) is 13.8. The van der Waals surface area contributed by atoms with E-state index in [1.807, 2.05) is 0 Å². The first-order chi connectivity index (χ1) is 9.09. The normalized spacial score (nSPS) is 19.1. The molecule has 1 unspecified atom stereocenters. The Morgan fingerprint density at radius 1 is 1.58 bits per heavy atom. The van der Waals surface area contributed by atoms with E-state index in [9.17, 15) is 10.1 Å². The van der Waals surface area contributed by atoms with Crippen LogP contribution in [0.5, 0.6) is 0 Å². The third kappa shape index (κ3) is 3.22. The molecule has 1 atom stereocenters. The first-order valence-corrected chi connectivity index (χ1v) is 6.95. The molecule has 0 N–H and O–H groups in total. The Labute approximate surface area is 113 Å². The third-order valence-corrected chi connectivity index (χ3v) is 3.69. The molecule has 0 aromatic carbocycles. The summed E-state index contributed by atoms with van der Waals surface area (Å²) in [4.78, 5) is 17.1. The Morgan fingerprint density at radius 2 is 2.37 bits per heavy atom. The second kappa shape index (κ2) is 5.99. The lowest BCUT2D eigenvalue weighted by molar-refractivity contribution is -0.384. The molecule has 5 heteroatoms. The maximum atomic E-state index is 11.1. The second-order valence-corrected chi connectivity index (χ2v) is 5.56. The Morgan fingerprint density at radius 3 is 3.05 bits per heavy atom. The van der Waals surface area contributed by atoms with Crippen LogP contribution in [-0.4, -0.2) is 22.5 Å². The van der Waals surface area contributed by atoms with E-state index in [2.05, 4.69) is 23.7 Å². The minimum Gasteiger partial charge on any atom is -0.348 e. The lowest BCUT2D eigenvalue weighted by atomic mass is 10.0. The fourth-order valence-corrected chi connectivity index (χ4v) is 2.69. The molecule has 104 valence electrons. The monoisotopic (exact) mass is 263 g/mol. The van der Waals surface area contributed by atoms with Gasteiger partial charge in [-0.25, -0.2) is 4.98 Å². The Balaban J connectivity index is 2.18. The summed E-state index contributed by atoms with van der Waals surface area (Å²) in [7, 11) is 0. The van der Waals surface area contributed by atoms with Gasteiger partial charge in [-0.3, -0.25) is 10.1 Å². The van der Waals surface area contributed by atoms with Crippen LogP contribution in [0.4, 0.5) is 11.5 Å². The molecule has 1 aliphatic rings. The van der Waals surface area contributed by atoms with Crippen LogP contribution in [0.25, 0.3) is 0 Å². The number of rotatable bonds is 5. The number of nitro groups is 1. The quantitative estimate of drug-likeness (QED) is 0.603. The number of anilines is 1. The van der Waals surface area contributed by atoms with Crippen molar-refractivity contribution in [2.45, 2.75) is 45.6 Å². The average Bonchev–Trinajstić information content (AvgIpc) is 2.84. The lowest BCUT2D eigenvalue weighted by Gasteiger charge is -2.25. The Kier molecular flexibility index (Phi) is 4.35. The summed E-state index contributed by atoms with van der Waals surface area (Å²) in [6.45, 7) is 5.30. The second-order valence-electron chi connectivity index (χ2n) is 5.56. The first-order valence-electron chi connectivity index (χ1n) is 6.95. The van der Waals surface area contributed by atoms with Crippen molar-refractivity contribution in [3.8, 4) is 0 Å². The molecule has 0 saturated carbocycles. The van der Waals surface area contributed by atoms with E-state index >= 15 is 0 Å². The molecule has 1 saturated heterocycles. The van der Waals surface area contributed by atoms with Crippen LogP contribution in [0.3, 0.4) is 0 Å². The van der Waals surface area contributed by atoms with E-state index in [-0.39, 0.29) is 10.6 Å². The Hall–Kier alpha value is -1.65. The maximum absolute atomic E-state index is 11.1. The molecule has 2 rings (SSSR count). The fraction of sp³-hybridized carbons (Fsp3) is 0.643. The van der Waals surface area contributed by atoms with Gasteiger partial charge in [-0.15, -0.1) is 0 Å². The molecule has 0 spiro atoms. The standard InChI is InChI=1S/C14H21N3O2/c1-11(2)7-8-12-5-4-10-16(12)14-13(17(18)19)6-3-9-15-14/h3,6,9,11-12H,4-5,7-8,10H2,1-2H3. The summed E-state index contributed by atoms with van der Waals surface area (Å²) in [5.74, 6) is 1.21. The molecule has 1 fully saturated rings. The van der Waals surface area contributed by atoms with Gasteiger partial charge in [-0.05, 0) is 37.7 Å². The number of aromatic nitrogens is 1. The summed E-state index contributed by atoms with van der Waals surface area (Å²) in [6.07, 6.45) is 6.09. The van der Waals surface area contributed by atoms with Crippen molar-refractivity contribution in [2.24, 2.45) is 5.92 Å². The van der Waals surface area contributed by atoms with Crippen LogP contribution in [0, 0.1) is 16.0 Å². The van der Waals surface area contributed by atoms with Crippen LogP contribution in [-0.2, 0) is 0 Å². The summed E-state index contributed by atoms with van der Waals surface area (Å²) in [5, 5.41) is 11.1. The van der Waals surface area contributed by atoms with E-state index < -0.39 is 0 Å². The van der Waals surface area contributed by atoms with Crippen LogP contribution in [0.15, 0.2) is 18.3 Å². The van der Waals surface area contributed by atoms with Crippen molar-refractivity contribution in [3.05, 3.63) is 28.4 Å². The molecule has 1 aliphatic heterocycles. The van der Waals surface area contributed by atoms with Crippen LogP contribution in [0.2, 0.25) is 0 Å². The van der Waals surface area contributed by atoms with Crippen molar-refractivity contribution in [3.63, 3.8) is 0 Å². The number of hydrogen-bond acceptors (Lipinski definition) is 4. The van der Waals surface area contributed by atoms with Crippen molar-refractivity contribution < 1.29 is 4.92 Å². The predicted octanol–water partition coefficient (Wildman–Crippen LogP) is 3.39. The van der Waals surface area contributed by atoms with Gasteiger partial charge in [0.1, 0.15) is 0 Å². The zero-order valence-corrected chi connectivity index (χ0v) is 11.6. The molecule has 19 heavy (non-hydrogen) atoms. The topological polar surface area (TPSA) is 59.3 Å². The van der Waals surface area contributed by atoms with Crippen LogP contribution < -0.4 is 4.90 Å². The van der Waals surface area contributed by atoms with Gasteiger partial charge in [-0.1, -0.05) is 13.8 Å². The molecule has 0 aliphatic carbocycles. The van der Waals surface area contributed by atoms with E-state index in [0.29, 0.717) is 17.8 Å². The summed E-state index contributed by atoms with van der Waals surface area (Å²) < 4.78 is 0. The molecule has 0 radical (unpaired) electrons. The van der Waals surface area contributed by atoms with E-state index in [1.54, 1.807) is 18.3 Å². The van der Waals surface area contributed by atoms with Gasteiger partial charge in [-0.2, -0.15) is 0 Å². The molecule has 1 aromatic rings. The van der Waals surface area contributed by atoms with Gasteiger partial charge in [0, 0.05) is 24.8 Å². The van der Waals surface area contributed by atoms with Gasteiger partial charge < -0.3 is 4.90 Å². The van der Waals surface area contributed by atoms with Crippen molar-refractivity contribution in [1.29, 1.82) is 0 Å². The zero-order valence-electron chi connectivity index (χ0n) is 11.6. The average molecular weight is 263 g/mol. The smallest absolute Gasteiger partial charge is 0.311 e. The number of hydrogen-bond donors (Lipinski definition) is 0. The third-order valence-electron chi connectivity index (χ3n) is 3.69. The highest BCUT2D eigenvalue weighted by molar-refractivity contribution is 5.58. The molecule has 1 aromatic heterocycles. The van der Waals surface area contributed by atoms with Crippen molar-refractivity contribution in [2.75, 3.05) is 11.4 Å². The molecule has 0 amide bonds. The molecule has 2 heterocycles. The van der Waals surface area contributed by atoms with E-state index in [4.69, 9.17) is 0 Å². The molecule has 5 nitrogen and oxygen atoms in total. The zero-order chi connectivity index (χ0) is 13.8. The predicted molar refractivity (Wildman–Crippen MR) is 75.3 cm³/mol. The van der Waals surface area contributed by atoms with Gasteiger partial charge in [0.05, 0.1) is 4.92 Å². The van der Waals surface area contributed by atoms with E-state index in [0.717, 1.165) is 32.2 Å². The summed E-state index contributed by atoms with van der Waals surface area (Å²) in [5.41, 5.74) is 0.124. The SMILES string of the molecule is CC(C)CCC1CCCN1c1ncccc1[N+](=O)[O-]. The van der Waals surface area contributed by atoms with Crippen molar-refractivity contribution in [1.82, 2.24) is 4.98 Å². The van der Waals surface area contributed by atoms with Crippen LogP contribution >= 0.6 is 0 Å². The highest BCUT2D eigenvalue weighted by atomic mass is 16.6. The van der Waals surface area contributed by atoms with Gasteiger partial charge >= 0.3 is 5.69 Å². The molecule has 0 bridgehead atoms. The lowest BCUT2D eigenvalue weighted by Crippen LogP contribution is -2.30. The van der Waals surface area contributed by atoms with Crippen LogP contribution in [0.1, 0.15) is 39.5 Å². The van der Waals surface area contributed by atoms with E-state index in [1.165, 1.54) is 0 Å². The minimum atomic E-state index is -0.333. The van der Waals surface area contributed by atoms with Gasteiger partial charge in [0.15, 0.2) is 0 Å². The van der Waals surface area contributed by atoms with Crippen molar-refractivity contribution >= 4 is 11.5 Å².